The molecule has 0 N–H and O–H groups in total. The molecule has 0 amide bonds. The lowest BCUT2D eigenvalue weighted by molar-refractivity contribution is 0.670. The van der Waals surface area contributed by atoms with Crippen molar-refractivity contribution >= 4 is 80.9 Å². The normalized spacial score (nSPS) is 12.9. The van der Waals surface area contributed by atoms with E-state index in [0.717, 1.165) is 62.6 Å². The molecule has 0 bridgehead atoms. The fourth-order valence-electron chi connectivity index (χ4n) is 7.67. The van der Waals surface area contributed by atoms with E-state index in [4.69, 9.17) is 19.4 Å². The molecule has 4 nitrogen and oxygen atoms in total. The molecule has 6 heteroatoms. The molecule has 0 fully saturated rings. The number of para-hydroxylation sites is 1. The largest absolute Gasteiger partial charge is 0.455 e. The van der Waals surface area contributed by atoms with E-state index in [-0.39, 0.29) is 0 Å². The Labute approximate surface area is 301 Å². The maximum absolute atomic E-state index is 6.74. The van der Waals surface area contributed by atoms with Crippen LogP contribution in [0.4, 0.5) is 0 Å². The number of aryl methyl sites for hydroxylation is 1. The quantitative estimate of drug-likeness (QED) is 0.185. The van der Waals surface area contributed by atoms with Gasteiger partial charge in [0.05, 0.1) is 0 Å². The van der Waals surface area contributed by atoms with Gasteiger partial charge in [-0.3, -0.25) is 0 Å². The molecule has 4 heterocycles. The summed E-state index contributed by atoms with van der Waals surface area (Å²) in [5.41, 5.74) is 8.15. The molecule has 10 aromatic rings. The van der Waals surface area contributed by atoms with Crippen molar-refractivity contribution in [1.82, 2.24) is 15.0 Å². The van der Waals surface area contributed by atoms with E-state index < -0.39 is 0 Å². The van der Waals surface area contributed by atoms with Crippen LogP contribution in [0.5, 0.6) is 0 Å². The zero-order valence-electron chi connectivity index (χ0n) is 27.3. The zero-order chi connectivity index (χ0) is 33.5. The molecular weight excluding hydrogens is 663 g/mol. The first-order valence-electron chi connectivity index (χ1n) is 17.2. The van der Waals surface area contributed by atoms with Crippen LogP contribution >= 0.6 is 22.7 Å². The fraction of sp³-hybridized carbons (Fsp3) is 0.0444. The van der Waals surface area contributed by atoms with Gasteiger partial charge in [-0.15, -0.1) is 22.7 Å². The number of rotatable bonds is 4. The number of thiophene rings is 2. The van der Waals surface area contributed by atoms with Crippen molar-refractivity contribution in [3.63, 3.8) is 0 Å². The molecule has 0 aliphatic heterocycles. The molecule has 0 atom stereocenters. The van der Waals surface area contributed by atoms with Crippen LogP contribution in [-0.4, -0.2) is 15.0 Å². The molecule has 0 radical (unpaired) electrons. The molecule has 1 aliphatic rings. The highest BCUT2D eigenvalue weighted by Crippen LogP contribution is 2.44. The first kappa shape index (κ1) is 28.8. The van der Waals surface area contributed by atoms with Gasteiger partial charge in [-0.05, 0) is 53.6 Å². The Hall–Kier alpha value is -5.95. The van der Waals surface area contributed by atoms with Gasteiger partial charge in [0.15, 0.2) is 17.5 Å². The predicted octanol–water partition coefficient (Wildman–Crippen LogP) is 13.0. The highest BCUT2D eigenvalue weighted by molar-refractivity contribution is 7.26. The molecule has 6 aromatic carbocycles. The number of nitrogens with zero attached hydrogens (tertiary/aromatic N) is 3. The van der Waals surface area contributed by atoms with E-state index >= 15 is 0 Å². The summed E-state index contributed by atoms with van der Waals surface area (Å²) >= 11 is 3.71. The Bertz CT molecular complexity index is 3040. The number of benzene rings is 6. The zero-order valence-corrected chi connectivity index (χ0v) is 28.9. The van der Waals surface area contributed by atoms with Crippen LogP contribution in [0.3, 0.4) is 0 Å². The summed E-state index contributed by atoms with van der Waals surface area (Å²) in [7, 11) is 0. The number of furan rings is 1. The molecule has 0 spiro atoms. The summed E-state index contributed by atoms with van der Waals surface area (Å²) in [6, 6.07) is 44.6. The van der Waals surface area contributed by atoms with Crippen LogP contribution in [0.2, 0.25) is 0 Å². The van der Waals surface area contributed by atoms with Gasteiger partial charge in [0.2, 0.25) is 0 Å². The fourth-order valence-corrected chi connectivity index (χ4v) is 10.1. The van der Waals surface area contributed by atoms with Crippen LogP contribution in [0.15, 0.2) is 138 Å². The molecular formula is C45H27N3OS2. The minimum atomic E-state index is 0.618. The molecule has 1 aliphatic carbocycles. The van der Waals surface area contributed by atoms with Crippen LogP contribution in [-0.2, 0) is 6.42 Å². The van der Waals surface area contributed by atoms with Crippen molar-refractivity contribution in [1.29, 1.82) is 0 Å². The van der Waals surface area contributed by atoms with E-state index in [0.29, 0.717) is 17.5 Å². The Balaban J connectivity index is 1.13. The SMILES string of the molecule is C1=Cc2c(sc3cc(-c4cccc5c4oc4cccc(-c6nc(-c7ccccc7)nc(-c7cccc8sc9ccccc9c78)n6)c45)ccc23)CC1. The van der Waals surface area contributed by atoms with Crippen LogP contribution in [0.1, 0.15) is 16.9 Å². The lowest BCUT2D eigenvalue weighted by atomic mass is 9.98. The number of allylic oxidation sites excluding steroid dienone is 1. The highest BCUT2D eigenvalue weighted by Gasteiger charge is 2.21. The summed E-state index contributed by atoms with van der Waals surface area (Å²) in [5.74, 6) is 1.91. The summed E-state index contributed by atoms with van der Waals surface area (Å²) in [5, 5.41) is 5.76. The smallest absolute Gasteiger partial charge is 0.164 e. The van der Waals surface area contributed by atoms with Gasteiger partial charge >= 0.3 is 0 Å². The van der Waals surface area contributed by atoms with Gasteiger partial charge in [0.1, 0.15) is 11.2 Å². The lowest BCUT2D eigenvalue weighted by Crippen LogP contribution is -2.00. The number of hydrogen-bond donors (Lipinski definition) is 0. The molecule has 0 saturated carbocycles. The van der Waals surface area contributed by atoms with Gasteiger partial charge in [-0.2, -0.15) is 0 Å². The second-order valence-electron chi connectivity index (χ2n) is 13.0. The Kier molecular flexibility index (Phi) is 6.38. The van der Waals surface area contributed by atoms with Gasteiger partial charge in [0, 0.05) is 62.8 Å². The van der Waals surface area contributed by atoms with E-state index in [1.807, 2.05) is 41.7 Å². The standard InChI is InChI=1S/C45H27N3OS2/c1-2-11-26(12-3-1)43-46-44(48-45(47-43)34-18-10-22-38-41(34)31-14-5-7-21-37(31)50-38)33-17-9-19-35-40(33)32-16-8-15-28(42(32)49-35)27-23-24-30-29-13-4-6-20-36(29)51-39(30)25-27/h1-5,7-19,21-25H,6,20H2. The van der Waals surface area contributed by atoms with Crippen LogP contribution in [0, 0.1) is 0 Å². The maximum atomic E-state index is 6.74. The van der Waals surface area contributed by atoms with Gasteiger partial charge < -0.3 is 4.42 Å². The third-order valence-corrected chi connectivity index (χ3v) is 12.4. The van der Waals surface area contributed by atoms with Crippen molar-refractivity contribution in [2.75, 3.05) is 0 Å². The van der Waals surface area contributed by atoms with Gasteiger partial charge in [-0.25, -0.2) is 15.0 Å². The molecule has 240 valence electrons. The average Bonchev–Trinajstić information content (AvgIpc) is 3.89. The number of hydrogen-bond acceptors (Lipinski definition) is 6. The van der Waals surface area contributed by atoms with Gasteiger partial charge in [-0.1, -0.05) is 115 Å². The molecule has 11 rings (SSSR count). The molecule has 4 aromatic heterocycles. The van der Waals surface area contributed by atoms with Crippen LogP contribution in [0.25, 0.3) is 104 Å². The van der Waals surface area contributed by atoms with Gasteiger partial charge in [0.25, 0.3) is 0 Å². The van der Waals surface area contributed by atoms with Crippen molar-refractivity contribution < 1.29 is 4.42 Å². The summed E-state index contributed by atoms with van der Waals surface area (Å²) in [6.07, 6.45) is 6.81. The van der Waals surface area contributed by atoms with E-state index in [9.17, 15) is 0 Å². The van der Waals surface area contributed by atoms with E-state index in [1.54, 1.807) is 11.3 Å². The van der Waals surface area contributed by atoms with E-state index in [2.05, 4.69) is 109 Å². The first-order valence-corrected chi connectivity index (χ1v) is 18.8. The first-order chi connectivity index (χ1) is 25.3. The monoisotopic (exact) mass is 689 g/mol. The van der Waals surface area contributed by atoms with Crippen molar-refractivity contribution in [3.8, 4) is 45.3 Å². The Morgan fingerprint density at radius 2 is 1.24 bits per heavy atom. The van der Waals surface area contributed by atoms with Crippen LogP contribution < -0.4 is 0 Å². The summed E-state index contributed by atoms with van der Waals surface area (Å²) in [4.78, 5) is 17.0. The summed E-state index contributed by atoms with van der Waals surface area (Å²) in [6.45, 7) is 0. The number of fused-ring (bicyclic) bond motifs is 9. The lowest BCUT2D eigenvalue weighted by Gasteiger charge is -2.10. The Morgan fingerprint density at radius 1 is 0.510 bits per heavy atom. The third-order valence-electron chi connectivity index (χ3n) is 10.0. The Morgan fingerprint density at radius 3 is 2.14 bits per heavy atom. The average molecular weight is 690 g/mol. The second kappa shape index (κ2) is 11.3. The van der Waals surface area contributed by atoms with Crippen molar-refractivity contribution in [2.45, 2.75) is 12.8 Å². The highest BCUT2D eigenvalue weighted by atomic mass is 32.1. The third kappa shape index (κ3) is 4.54. The minimum absolute atomic E-state index is 0.618. The van der Waals surface area contributed by atoms with Crippen molar-refractivity contribution in [2.24, 2.45) is 0 Å². The number of aromatic nitrogens is 3. The minimum Gasteiger partial charge on any atom is -0.455 e. The predicted molar refractivity (Wildman–Crippen MR) is 214 cm³/mol. The molecule has 51 heavy (non-hydrogen) atoms. The maximum Gasteiger partial charge on any atom is 0.164 e. The topological polar surface area (TPSA) is 51.8 Å². The molecule has 0 saturated heterocycles. The second-order valence-corrected chi connectivity index (χ2v) is 15.2. The summed E-state index contributed by atoms with van der Waals surface area (Å²) < 4.78 is 10.5. The van der Waals surface area contributed by atoms with E-state index in [1.165, 1.54) is 40.7 Å². The van der Waals surface area contributed by atoms with Crippen molar-refractivity contribution in [3.05, 3.63) is 144 Å². The molecule has 0 unspecified atom stereocenters.